The number of benzene rings is 2. The second-order valence-electron chi connectivity index (χ2n) is 6.00. The number of rotatable bonds is 6. The van der Waals surface area contributed by atoms with Crippen LogP contribution >= 0.6 is 11.3 Å². The third kappa shape index (κ3) is 5.23. The van der Waals surface area contributed by atoms with Crippen LogP contribution in [0.15, 0.2) is 47.8 Å². The van der Waals surface area contributed by atoms with Crippen molar-refractivity contribution in [1.82, 2.24) is 4.98 Å². The highest BCUT2D eigenvalue weighted by Crippen LogP contribution is 2.29. The lowest BCUT2D eigenvalue weighted by Crippen LogP contribution is -2.19. The van der Waals surface area contributed by atoms with Crippen LogP contribution in [0.4, 0.5) is 21.3 Å². The molecule has 0 aliphatic heterocycles. The number of hydrogen-bond acceptors (Lipinski definition) is 6. The van der Waals surface area contributed by atoms with Crippen molar-refractivity contribution in [3.63, 3.8) is 0 Å². The molecule has 29 heavy (non-hydrogen) atoms. The number of amides is 3. The zero-order valence-corrected chi connectivity index (χ0v) is 16.9. The minimum absolute atomic E-state index is 0.172. The largest absolute Gasteiger partial charge is 0.497 e. The van der Waals surface area contributed by atoms with E-state index >= 15 is 0 Å². The number of anilines is 3. The topological polar surface area (TPSA) is 102 Å². The van der Waals surface area contributed by atoms with Gasteiger partial charge in [-0.25, -0.2) is 9.78 Å². The van der Waals surface area contributed by atoms with Crippen molar-refractivity contribution in [1.29, 1.82) is 0 Å². The maximum Gasteiger partial charge on any atom is 0.325 e. The number of urea groups is 1. The highest BCUT2D eigenvalue weighted by Gasteiger charge is 2.15. The van der Waals surface area contributed by atoms with Gasteiger partial charge in [0.1, 0.15) is 17.2 Å². The Balaban J connectivity index is 1.64. The second-order valence-corrected chi connectivity index (χ2v) is 6.86. The molecule has 3 amide bonds. The molecular formula is C20H20N4O4S. The van der Waals surface area contributed by atoms with Crippen molar-refractivity contribution in [3.8, 4) is 11.5 Å². The molecule has 1 heterocycles. The summed E-state index contributed by atoms with van der Waals surface area (Å²) in [5.74, 6) is 0.638. The Hall–Kier alpha value is -3.59. The molecule has 1 aromatic heterocycles. The third-order valence-corrected chi connectivity index (χ3v) is 4.68. The van der Waals surface area contributed by atoms with Crippen LogP contribution in [0, 0.1) is 6.92 Å². The molecule has 3 N–H and O–H groups in total. The Bertz CT molecular complexity index is 1020. The standard InChI is InChI=1S/C20H20N4O4S/c1-12-4-6-13(7-5-12)21-19(26)24-20-23-16(11-29-20)18(25)22-15-10-14(27-2)8-9-17(15)28-3/h4-11H,1-3H3,(H,22,25)(H2,21,23,24,26). The first-order chi connectivity index (χ1) is 14.0. The fourth-order valence-electron chi connectivity index (χ4n) is 2.43. The molecule has 3 aromatic rings. The van der Waals surface area contributed by atoms with Crippen molar-refractivity contribution in [2.45, 2.75) is 6.92 Å². The lowest BCUT2D eigenvalue weighted by molar-refractivity contribution is 0.102. The van der Waals surface area contributed by atoms with Crippen molar-refractivity contribution in [2.24, 2.45) is 0 Å². The number of nitrogens with one attached hydrogen (secondary N) is 3. The number of aryl methyl sites for hydroxylation is 1. The summed E-state index contributed by atoms with van der Waals surface area (Å²) in [5, 5.41) is 9.93. The molecule has 150 valence electrons. The molecule has 0 unspecified atom stereocenters. The molecule has 9 heteroatoms. The van der Waals surface area contributed by atoms with Gasteiger partial charge < -0.3 is 20.1 Å². The second kappa shape index (κ2) is 9.07. The van der Waals surface area contributed by atoms with Gasteiger partial charge in [0.2, 0.25) is 0 Å². The first kappa shape index (κ1) is 20.2. The Kier molecular flexibility index (Phi) is 6.30. The van der Waals surface area contributed by atoms with Gasteiger partial charge in [-0.1, -0.05) is 17.7 Å². The molecule has 0 spiro atoms. The van der Waals surface area contributed by atoms with E-state index in [1.807, 2.05) is 19.1 Å². The number of carbonyl (C=O) groups is 2. The summed E-state index contributed by atoms with van der Waals surface area (Å²) in [6.07, 6.45) is 0. The smallest absolute Gasteiger partial charge is 0.325 e. The van der Waals surface area contributed by atoms with Crippen LogP contribution in [0.2, 0.25) is 0 Å². The zero-order valence-electron chi connectivity index (χ0n) is 16.1. The van der Waals surface area contributed by atoms with E-state index in [1.165, 1.54) is 14.2 Å². The average Bonchev–Trinajstić information content (AvgIpc) is 3.18. The van der Waals surface area contributed by atoms with Crippen LogP contribution in [0.25, 0.3) is 0 Å². The maximum atomic E-state index is 12.5. The summed E-state index contributed by atoms with van der Waals surface area (Å²) in [6, 6.07) is 12.0. The molecule has 8 nitrogen and oxygen atoms in total. The number of thiazole rings is 1. The van der Waals surface area contributed by atoms with E-state index in [4.69, 9.17) is 9.47 Å². The number of aromatic nitrogens is 1. The summed E-state index contributed by atoms with van der Waals surface area (Å²) in [5.41, 5.74) is 2.38. The van der Waals surface area contributed by atoms with Crippen molar-refractivity contribution in [3.05, 3.63) is 59.1 Å². The molecular weight excluding hydrogens is 392 g/mol. The average molecular weight is 412 g/mol. The fourth-order valence-corrected chi connectivity index (χ4v) is 3.12. The summed E-state index contributed by atoms with van der Waals surface area (Å²) in [6.45, 7) is 1.97. The summed E-state index contributed by atoms with van der Waals surface area (Å²) in [7, 11) is 3.04. The monoisotopic (exact) mass is 412 g/mol. The molecule has 0 radical (unpaired) electrons. The lowest BCUT2D eigenvalue weighted by Gasteiger charge is -2.11. The van der Waals surface area contributed by atoms with E-state index in [1.54, 1.807) is 35.7 Å². The number of methoxy groups -OCH3 is 2. The highest BCUT2D eigenvalue weighted by molar-refractivity contribution is 7.14. The van der Waals surface area contributed by atoms with Gasteiger partial charge in [-0.3, -0.25) is 10.1 Å². The first-order valence-electron chi connectivity index (χ1n) is 8.62. The van der Waals surface area contributed by atoms with Gasteiger partial charge in [-0.05, 0) is 31.2 Å². The van der Waals surface area contributed by atoms with Gasteiger partial charge in [0.15, 0.2) is 5.13 Å². The van der Waals surface area contributed by atoms with Gasteiger partial charge in [0.05, 0.1) is 19.9 Å². The van der Waals surface area contributed by atoms with E-state index in [0.717, 1.165) is 16.9 Å². The Morgan fingerprint density at radius 2 is 1.72 bits per heavy atom. The SMILES string of the molecule is COc1ccc(OC)c(NC(=O)c2csc(NC(=O)Nc3ccc(C)cc3)n2)c1. The van der Waals surface area contributed by atoms with Gasteiger partial charge in [-0.15, -0.1) is 11.3 Å². The maximum absolute atomic E-state index is 12.5. The highest BCUT2D eigenvalue weighted by atomic mass is 32.1. The van der Waals surface area contributed by atoms with Gasteiger partial charge in [-0.2, -0.15) is 0 Å². The number of nitrogens with zero attached hydrogens (tertiary/aromatic N) is 1. The third-order valence-electron chi connectivity index (χ3n) is 3.92. The van der Waals surface area contributed by atoms with Crippen LogP contribution in [0.3, 0.4) is 0 Å². The Labute approximate surface area is 171 Å². The Morgan fingerprint density at radius 1 is 0.966 bits per heavy atom. The Morgan fingerprint density at radius 3 is 2.41 bits per heavy atom. The quantitative estimate of drug-likeness (QED) is 0.558. The van der Waals surface area contributed by atoms with Crippen LogP contribution in [0.5, 0.6) is 11.5 Å². The minimum Gasteiger partial charge on any atom is -0.497 e. The van der Waals surface area contributed by atoms with Crippen LogP contribution in [-0.2, 0) is 0 Å². The van der Waals surface area contributed by atoms with Gasteiger partial charge >= 0.3 is 6.03 Å². The summed E-state index contributed by atoms with van der Waals surface area (Å²) >= 11 is 1.15. The van der Waals surface area contributed by atoms with Gasteiger partial charge in [0.25, 0.3) is 5.91 Å². The van der Waals surface area contributed by atoms with Crippen molar-refractivity contribution in [2.75, 3.05) is 30.2 Å². The van der Waals surface area contributed by atoms with Crippen molar-refractivity contribution < 1.29 is 19.1 Å². The molecule has 0 aliphatic carbocycles. The summed E-state index contributed by atoms with van der Waals surface area (Å²) < 4.78 is 10.4. The molecule has 0 bridgehead atoms. The lowest BCUT2D eigenvalue weighted by atomic mass is 10.2. The molecule has 0 saturated carbocycles. The fraction of sp³-hybridized carbons (Fsp3) is 0.150. The van der Waals surface area contributed by atoms with E-state index in [2.05, 4.69) is 20.9 Å². The van der Waals surface area contributed by atoms with E-state index in [0.29, 0.717) is 28.0 Å². The molecule has 2 aromatic carbocycles. The summed E-state index contributed by atoms with van der Waals surface area (Å²) in [4.78, 5) is 28.8. The van der Waals surface area contributed by atoms with E-state index in [9.17, 15) is 9.59 Å². The number of ether oxygens (including phenoxy) is 2. The molecule has 3 rings (SSSR count). The number of hydrogen-bond donors (Lipinski definition) is 3. The minimum atomic E-state index is -0.440. The molecule has 0 atom stereocenters. The normalized spacial score (nSPS) is 10.2. The predicted octanol–water partition coefficient (Wildman–Crippen LogP) is 4.37. The van der Waals surface area contributed by atoms with Crippen molar-refractivity contribution >= 4 is 39.8 Å². The number of carbonyl (C=O) groups excluding carboxylic acids is 2. The van der Waals surface area contributed by atoms with E-state index in [-0.39, 0.29) is 5.69 Å². The molecule has 0 fully saturated rings. The van der Waals surface area contributed by atoms with E-state index < -0.39 is 11.9 Å². The van der Waals surface area contributed by atoms with Crippen LogP contribution < -0.4 is 25.4 Å². The predicted molar refractivity (Wildman–Crippen MR) is 113 cm³/mol. The molecule has 0 aliphatic rings. The van der Waals surface area contributed by atoms with Gasteiger partial charge in [0, 0.05) is 17.1 Å². The van der Waals surface area contributed by atoms with Crippen LogP contribution in [-0.4, -0.2) is 31.1 Å². The molecule has 0 saturated heterocycles. The van der Waals surface area contributed by atoms with Crippen LogP contribution in [0.1, 0.15) is 16.1 Å². The zero-order chi connectivity index (χ0) is 20.8. The first-order valence-corrected chi connectivity index (χ1v) is 9.50.